The predicted molar refractivity (Wildman–Crippen MR) is 275 cm³/mol. The summed E-state index contributed by atoms with van der Waals surface area (Å²) in [7, 11) is 0. The van der Waals surface area contributed by atoms with E-state index in [2.05, 4.69) is 27.7 Å². The molecule has 0 saturated carbocycles. The van der Waals surface area contributed by atoms with Gasteiger partial charge in [-0.3, -0.25) is 14.4 Å². The first-order valence-corrected chi connectivity index (χ1v) is 28.9. The average Bonchev–Trinajstić information content (AvgIpc) is 3.28. The largest absolute Gasteiger partial charge is 0.462 e. The van der Waals surface area contributed by atoms with Crippen LogP contribution in [0.3, 0.4) is 0 Å². The minimum absolute atomic E-state index is 0.0617. The molecule has 0 aliphatic carbocycles. The third-order valence-electron chi connectivity index (χ3n) is 13.3. The Morgan fingerprint density at radius 2 is 0.516 bits per heavy atom. The van der Waals surface area contributed by atoms with Gasteiger partial charge < -0.3 is 14.2 Å². The van der Waals surface area contributed by atoms with Gasteiger partial charge in [-0.1, -0.05) is 291 Å². The summed E-state index contributed by atoms with van der Waals surface area (Å²) >= 11 is 0. The fraction of sp³-hybridized carbons (Fsp3) is 0.948. The minimum atomic E-state index is -0.761. The molecule has 0 radical (unpaired) electrons. The van der Waals surface area contributed by atoms with Crippen LogP contribution in [0.4, 0.5) is 0 Å². The van der Waals surface area contributed by atoms with E-state index in [1.807, 2.05) is 0 Å². The summed E-state index contributed by atoms with van der Waals surface area (Å²) in [6, 6.07) is 0. The van der Waals surface area contributed by atoms with Gasteiger partial charge in [0.15, 0.2) is 6.10 Å². The molecule has 0 aliphatic rings. The Hall–Kier alpha value is -1.59. The number of ether oxygens (including phenoxy) is 3. The fourth-order valence-corrected chi connectivity index (χ4v) is 8.92. The molecule has 380 valence electrons. The van der Waals surface area contributed by atoms with Crippen LogP contribution in [0.1, 0.15) is 329 Å². The molecule has 0 heterocycles. The third-order valence-corrected chi connectivity index (χ3v) is 13.3. The second-order valence-electron chi connectivity index (χ2n) is 20.4. The number of hydrogen-bond donors (Lipinski definition) is 0. The van der Waals surface area contributed by atoms with Gasteiger partial charge in [0.25, 0.3) is 0 Å². The highest BCUT2D eigenvalue weighted by Crippen LogP contribution is 2.18. The fourth-order valence-electron chi connectivity index (χ4n) is 8.92. The molecular weight excluding hydrogens is 793 g/mol. The molecule has 0 amide bonds. The van der Waals surface area contributed by atoms with Crippen LogP contribution in [0.25, 0.3) is 0 Å². The summed E-state index contributed by atoms with van der Waals surface area (Å²) in [6.07, 6.45) is 56.6. The van der Waals surface area contributed by atoms with Crippen molar-refractivity contribution in [2.75, 3.05) is 13.2 Å². The topological polar surface area (TPSA) is 78.9 Å². The van der Waals surface area contributed by atoms with Gasteiger partial charge in [0.05, 0.1) is 0 Å². The predicted octanol–water partition coefficient (Wildman–Crippen LogP) is 19.0. The summed E-state index contributed by atoms with van der Waals surface area (Å²) in [5.41, 5.74) is 0. The quantitative estimate of drug-likeness (QED) is 0.0344. The first kappa shape index (κ1) is 62.4. The van der Waals surface area contributed by atoms with Crippen molar-refractivity contribution in [2.24, 2.45) is 5.92 Å². The maximum atomic E-state index is 12.8. The molecule has 0 aliphatic heterocycles. The SMILES string of the molecule is CCCCCCCCCCCCCCCCC(=O)OC[C@@H](COC(=O)CCCCCCCCCCCCCCCCCC(C)C)OC(=O)CCCCCCCCCCCCCCCC. The van der Waals surface area contributed by atoms with Crippen molar-refractivity contribution in [3.8, 4) is 0 Å². The second kappa shape index (κ2) is 52.4. The average molecular weight is 906 g/mol. The highest BCUT2D eigenvalue weighted by atomic mass is 16.6. The second-order valence-corrected chi connectivity index (χ2v) is 20.4. The van der Waals surface area contributed by atoms with Crippen molar-refractivity contribution in [3.63, 3.8) is 0 Å². The maximum absolute atomic E-state index is 12.8. The minimum Gasteiger partial charge on any atom is -0.462 e. The lowest BCUT2D eigenvalue weighted by Crippen LogP contribution is -2.30. The molecule has 0 spiro atoms. The number of carbonyl (C=O) groups is 3. The molecule has 6 nitrogen and oxygen atoms in total. The lowest BCUT2D eigenvalue weighted by molar-refractivity contribution is -0.167. The molecular formula is C58H112O6. The van der Waals surface area contributed by atoms with Crippen LogP contribution in [0.15, 0.2) is 0 Å². The van der Waals surface area contributed by atoms with E-state index in [0.717, 1.165) is 63.7 Å². The van der Waals surface area contributed by atoms with Gasteiger partial charge in [-0.15, -0.1) is 0 Å². The maximum Gasteiger partial charge on any atom is 0.306 e. The zero-order valence-electron chi connectivity index (χ0n) is 43.8. The van der Waals surface area contributed by atoms with Crippen molar-refractivity contribution in [3.05, 3.63) is 0 Å². The summed E-state index contributed by atoms with van der Waals surface area (Å²) < 4.78 is 16.9. The Bertz CT molecular complexity index is 964. The van der Waals surface area contributed by atoms with Crippen molar-refractivity contribution in [2.45, 2.75) is 336 Å². The van der Waals surface area contributed by atoms with Crippen molar-refractivity contribution in [1.29, 1.82) is 0 Å². The van der Waals surface area contributed by atoms with Gasteiger partial charge in [0.2, 0.25) is 0 Å². The van der Waals surface area contributed by atoms with E-state index in [9.17, 15) is 14.4 Å². The Morgan fingerprint density at radius 1 is 0.297 bits per heavy atom. The molecule has 64 heavy (non-hydrogen) atoms. The van der Waals surface area contributed by atoms with Crippen molar-refractivity contribution >= 4 is 17.9 Å². The smallest absolute Gasteiger partial charge is 0.306 e. The van der Waals surface area contributed by atoms with E-state index in [0.29, 0.717) is 19.3 Å². The Labute approximate surface area is 399 Å². The van der Waals surface area contributed by atoms with Gasteiger partial charge in [-0.2, -0.15) is 0 Å². The van der Waals surface area contributed by atoms with E-state index < -0.39 is 6.10 Å². The Morgan fingerprint density at radius 3 is 0.766 bits per heavy atom. The Kier molecular flexibility index (Phi) is 51.1. The first-order valence-electron chi connectivity index (χ1n) is 28.9. The number of esters is 3. The first-order chi connectivity index (χ1) is 31.4. The summed E-state index contributed by atoms with van der Waals surface area (Å²) in [5, 5.41) is 0. The van der Waals surface area contributed by atoms with E-state index in [-0.39, 0.29) is 31.1 Å². The highest BCUT2D eigenvalue weighted by molar-refractivity contribution is 5.71. The molecule has 0 saturated heterocycles. The Balaban J connectivity index is 4.28. The van der Waals surface area contributed by atoms with Gasteiger partial charge in [0, 0.05) is 19.3 Å². The molecule has 0 unspecified atom stereocenters. The van der Waals surface area contributed by atoms with Crippen molar-refractivity contribution in [1.82, 2.24) is 0 Å². The van der Waals surface area contributed by atoms with Crippen LogP contribution in [0, 0.1) is 5.92 Å². The zero-order chi connectivity index (χ0) is 46.7. The van der Waals surface area contributed by atoms with Crippen LogP contribution >= 0.6 is 0 Å². The summed E-state index contributed by atoms with van der Waals surface area (Å²) in [4.78, 5) is 38.1. The van der Waals surface area contributed by atoms with E-state index in [1.165, 1.54) is 225 Å². The lowest BCUT2D eigenvalue weighted by Gasteiger charge is -2.18. The van der Waals surface area contributed by atoms with Crippen LogP contribution in [-0.2, 0) is 28.6 Å². The van der Waals surface area contributed by atoms with E-state index in [4.69, 9.17) is 14.2 Å². The van der Waals surface area contributed by atoms with Crippen LogP contribution in [0.5, 0.6) is 0 Å². The number of unbranched alkanes of at least 4 members (excludes halogenated alkanes) is 40. The van der Waals surface area contributed by atoms with Gasteiger partial charge in [-0.05, 0) is 25.2 Å². The molecule has 0 bridgehead atoms. The molecule has 0 rings (SSSR count). The molecule has 0 aromatic carbocycles. The van der Waals surface area contributed by atoms with Crippen LogP contribution in [-0.4, -0.2) is 37.2 Å². The van der Waals surface area contributed by atoms with Gasteiger partial charge in [0.1, 0.15) is 13.2 Å². The van der Waals surface area contributed by atoms with Gasteiger partial charge >= 0.3 is 17.9 Å². The summed E-state index contributed by atoms with van der Waals surface area (Å²) in [5.74, 6) is 0.0145. The molecule has 0 aromatic rings. The standard InChI is InChI=1S/C58H112O6/c1-5-7-9-11-13-15-17-19-25-29-33-37-41-45-49-56(59)62-52-55(64-58(61)51-47-43-39-35-31-26-20-18-16-14-12-10-8-6-2)53-63-57(60)50-46-42-38-34-30-27-23-21-22-24-28-32-36-40-44-48-54(3)4/h54-55H,5-53H2,1-4H3/t55-/m0/s1. The molecule has 1 atom stereocenters. The number of carbonyl (C=O) groups excluding carboxylic acids is 3. The van der Waals surface area contributed by atoms with Crippen LogP contribution in [0.2, 0.25) is 0 Å². The van der Waals surface area contributed by atoms with E-state index in [1.54, 1.807) is 0 Å². The molecule has 0 fully saturated rings. The van der Waals surface area contributed by atoms with Gasteiger partial charge in [-0.25, -0.2) is 0 Å². The monoisotopic (exact) mass is 905 g/mol. The third kappa shape index (κ3) is 51.4. The molecule has 0 N–H and O–H groups in total. The summed E-state index contributed by atoms with van der Waals surface area (Å²) in [6.45, 7) is 9.07. The zero-order valence-corrected chi connectivity index (χ0v) is 43.8. The lowest BCUT2D eigenvalue weighted by atomic mass is 10.0. The number of hydrogen-bond acceptors (Lipinski definition) is 6. The van der Waals surface area contributed by atoms with Crippen LogP contribution < -0.4 is 0 Å². The molecule has 6 heteroatoms. The van der Waals surface area contributed by atoms with Crippen molar-refractivity contribution < 1.29 is 28.6 Å². The normalized spacial score (nSPS) is 12.0. The highest BCUT2D eigenvalue weighted by Gasteiger charge is 2.19. The molecule has 0 aromatic heterocycles. The number of rotatable bonds is 53. The van der Waals surface area contributed by atoms with E-state index >= 15 is 0 Å².